The average Bonchev–Trinajstić information content (AvgIpc) is 2.54. The van der Waals surface area contributed by atoms with Gasteiger partial charge >= 0.3 is 6.03 Å². The molecule has 0 radical (unpaired) electrons. The maximum atomic E-state index is 12.2. The number of rotatable bonds is 5. The van der Waals surface area contributed by atoms with E-state index in [1.165, 1.54) is 32.1 Å². The molecule has 1 aliphatic heterocycles. The molecule has 2 aliphatic rings. The van der Waals surface area contributed by atoms with E-state index in [1.807, 2.05) is 0 Å². The molecule has 0 aromatic rings. The van der Waals surface area contributed by atoms with Crippen molar-refractivity contribution in [3.8, 4) is 0 Å². The van der Waals surface area contributed by atoms with E-state index in [2.05, 4.69) is 36.6 Å². The quantitative estimate of drug-likeness (QED) is 0.819. The molecule has 1 saturated heterocycles. The Kier molecular flexibility index (Phi) is 6.50. The summed E-state index contributed by atoms with van der Waals surface area (Å²) in [5.41, 5.74) is 0.0314. The van der Waals surface area contributed by atoms with Crippen LogP contribution in [0.4, 0.5) is 4.79 Å². The van der Waals surface area contributed by atoms with E-state index >= 15 is 0 Å². The molecule has 128 valence electrons. The Morgan fingerprint density at radius 2 is 1.86 bits per heavy atom. The highest BCUT2D eigenvalue weighted by atomic mass is 16.5. The number of carbonyl (C=O) groups excluding carboxylic acids is 1. The predicted molar refractivity (Wildman–Crippen MR) is 89.0 cm³/mol. The van der Waals surface area contributed by atoms with Gasteiger partial charge in [0, 0.05) is 31.3 Å². The third-order valence-corrected chi connectivity index (χ3v) is 5.67. The lowest BCUT2D eigenvalue weighted by Gasteiger charge is -2.43. The van der Waals surface area contributed by atoms with Crippen LogP contribution in [0.3, 0.4) is 0 Å². The standard InChI is InChI=1S/C17H33N3O2/c1-14(15-7-5-4-6-8-15)19-16(21)18-13-17(20(2)3)9-11-22-12-10-17/h14-15H,4-13H2,1-3H3,(H2,18,19,21)/t14-/m0/s1. The van der Waals surface area contributed by atoms with Gasteiger partial charge in [0.05, 0.1) is 0 Å². The summed E-state index contributed by atoms with van der Waals surface area (Å²) in [7, 11) is 4.19. The van der Waals surface area contributed by atoms with Crippen LogP contribution in [0.15, 0.2) is 0 Å². The topological polar surface area (TPSA) is 53.6 Å². The van der Waals surface area contributed by atoms with Crippen LogP contribution in [0.2, 0.25) is 0 Å². The number of hydrogen-bond donors (Lipinski definition) is 2. The fourth-order valence-electron chi connectivity index (χ4n) is 3.79. The fourth-order valence-corrected chi connectivity index (χ4v) is 3.79. The molecule has 1 saturated carbocycles. The number of carbonyl (C=O) groups is 1. The van der Waals surface area contributed by atoms with Gasteiger partial charge in [0.15, 0.2) is 0 Å². The van der Waals surface area contributed by atoms with Crippen molar-refractivity contribution in [2.45, 2.75) is 63.5 Å². The first-order valence-corrected chi connectivity index (χ1v) is 8.83. The Hall–Kier alpha value is -0.810. The highest BCUT2D eigenvalue weighted by molar-refractivity contribution is 5.74. The molecule has 2 rings (SSSR count). The summed E-state index contributed by atoms with van der Waals surface area (Å²) >= 11 is 0. The van der Waals surface area contributed by atoms with E-state index in [-0.39, 0.29) is 17.6 Å². The number of amides is 2. The number of nitrogens with one attached hydrogen (secondary N) is 2. The third-order valence-electron chi connectivity index (χ3n) is 5.67. The van der Waals surface area contributed by atoms with Gasteiger partial charge in [-0.05, 0) is 52.6 Å². The summed E-state index contributed by atoms with van der Waals surface area (Å²) < 4.78 is 5.47. The number of urea groups is 1. The van der Waals surface area contributed by atoms with Gasteiger partial charge in [-0.3, -0.25) is 0 Å². The van der Waals surface area contributed by atoms with Crippen molar-refractivity contribution in [1.82, 2.24) is 15.5 Å². The van der Waals surface area contributed by atoms with Crippen LogP contribution in [0, 0.1) is 5.92 Å². The summed E-state index contributed by atoms with van der Waals surface area (Å²) in [6.45, 7) is 4.39. The highest BCUT2D eigenvalue weighted by Crippen LogP contribution is 2.27. The number of hydrogen-bond acceptors (Lipinski definition) is 3. The van der Waals surface area contributed by atoms with E-state index in [9.17, 15) is 4.79 Å². The first-order chi connectivity index (χ1) is 10.5. The summed E-state index contributed by atoms with van der Waals surface area (Å²) in [5, 5.41) is 6.24. The Morgan fingerprint density at radius 1 is 1.23 bits per heavy atom. The van der Waals surface area contributed by atoms with Crippen molar-refractivity contribution >= 4 is 6.03 Å². The maximum Gasteiger partial charge on any atom is 0.315 e. The van der Waals surface area contributed by atoms with Gasteiger partial charge in [0.1, 0.15) is 0 Å². The lowest BCUT2D eigenvalue weighted by Crippen LogP contribution is -2.57. The van der Waals surface area contributed by atoms with Crippen LogP contribution in [-0.4, -0.2) is 56.4 Å². The highest BCUT2D eigenvalue weighted by Gasteiger charge is 2.35. The first-order valence-electron chi connectivity index (χ1n) is 8.83. The van der Waals surface area contributed by atoms with Crippen molar-refractivity contribution < 1.29 is 9.53 Å². The van der Waals surface area contributed by atoms with Crippen molar-refractivity contribution in [3.05, 3.63) is 0 Å². The molecule has 0 bridgehead atoms. The van der Waals surface area contributed by atoms with Crippen LogP contribution < -0.4 is 10.6 Å². The van der Waals surface area contributed by atoms with Crippen LogP contribution in [0.1, 0.15) is 51.9 Å². The molecule has 2 amide bonds. The van der Waals surface area contributed by atoms with Gasteiger partial charge in [-0.2, -0.15) is 0 Å². The second-order valence-corrected chi connectivity index (χ2v) is 7.24. The van der Waals surface area contributed by atoms with Gasteiger partial charge in [-0.15, -0.1) is 0 Å². The molecule has 5 nitrogen and oxygen atoms in total. The molecule has 22 heavy (non-hydrogen) atoms. The lowest BCUT2D eigenvalue weighted by atomic mass is 9.84. The number of likely N-dealkylation sites (N-methyl/N-ethyl adjacent to an activating group) is 1. The van der Waals surface area contributed by atoms with E-state index in [0.717, 1.165) is 26.1 Å². The SMILES string of the molecule is C[C@H](NC(=O)NCC1(N(C)C)CCOCC1)C1CCCCC1. The third kappa shape index (κ3) is 4.59. The smallest absolute Gasteiger partial charge is 0.315 e. The second kappa shape index (κ2) is 8.16. The zero-order valence-corrected chi connectivity index (χ0v) is 14.5. The minimum Gasteiger partial charge on any atom is -0.381 e. The molecular formula is C17H33N3O2. The molecule has 1 heterocycles. The molecule has 1 atom stereocenters. The molecule has 0 unspecified atom stereocenters. The number of ether oxygens (including phenoxy) is 1. The maximum absolute atomic E-state index is 12.2. The van der Waals surface area contributed by atoms with Crippen molar-refractivity contribution in [3.63, 3.8) is 0 Å². The summed E-state index contributed by atoms with van der Waals surface area (Å²) in [6.07, 6.45) is 8.41. The Labute approximate surface area is 135 Å². The second-order valence-electron chi connectivity index (χ2n) is 7.24. The van der Waals surface area contributed by atoms with Gasteiger partial charge in [-0.1, -0.05) is 19.3 Å². The predicted octanol–water partition coefficient (Wildman–Crippen LogP) is 2.37. The van der Waals surface area contributed by atoms with Gasteiger partial charge in [0.25, 0.3) is 0 Å². The summed E-state index contributed by atoms with van der Waals surface area (Å²) in [4.78, 5) is 14.5. The lowest BCUT2D eigenvalue weighted by molar-refractivity contribution is -0.00577. The van der Waals surface area contributed by atoms with Crippen LogP contribution >= 0.6 is 0 Å². The van der Waals surface area contributed by atoms with Crippen molar-refractivity contribution in [2.24, 2.45) is 5.92 Å². The monoisotopic (exact) mass is 311 g/mol. The Balaban J connectivity index is 1.78. The van der Waals surface area contributed by atoms with Crippen LogP contribution in [-0.2, 0) is 4.74 Å². The molecule has 1 aliphatic carbocycles. The zero-order valence-electron chi connectivity index (χ0n) is 14.5. The summed E-state index contributed by atoms with van der Waals surface area (Å²) in [5.74, 6) is 0.644. The first kappa shape index (κ1) is 17.5. The Bertz CT molecular complexity index is 348. The van der Waals surface area contributed by atoms with E-state index in [1.54, 1.807) is 0 Å². The number of nitrogens with zero attached hydrogens (tertiary/aromatic N) is 1. The molecule has 0 aromatic carbocycles. The van der Waals surface area contributed by atoms with Crippen molar-refractivity contribution in [1.29, 1.82) is 0 Å². The average molecular weight is 311 g/mol. The fraction of sp³-hybridized carbons (Fsp3) is 0.941. The largest absolute Gasteiger partial charge is 0.381 e. The minimum atomic E-state index is -0.0224. The van der Waals surface area contributed by atoms with Crippen LogP contribution in [0.25, 0.3) is 0 Å². The molecule has 0 spiro atoms. The van der Waals surface area contributed by atoms with E-state index < -0.39 is 0 Å². The van der Waals surface area contributed by atoms with Crippen LogP contribution in [0.5, 0.6) is 0 Å². The van der Waals surface area contributed by atoms with E-state index in [4.69, 9.17) is 4.74 Å². The zero-order chi connectivity index (χ0) is 16.0. The molecular weight excluding hydrogens is 278 g/mol. The molecule has 0 aromatic heterocycles. The van der Waals surface area contributed by atoms with Gasteiger partial charge in [0.2, 0.25) is 0 Å². The van der Waals surface area contributed by atoms with E-state index in [0.29, 0.717) is 12.5 Å². The molecule has 2 fully saturated rings. The summed E-state index contributed by atoms with van der Waals surface area (Å²) in [6, 6.07) is 0.246. The molecule has 2 N–H and O–H groups in total. The molecule has 5 heteroatoms. The van der Waals surface area contributed by atoms with Gasteiger partial charge < -0.3 is 20.3 Å². The minimum absolute atomic E-state index is 0.0224. The van der Waals surface area contributed by atoms with Crippen molar-refractivity contribution in [2.75, 3.05) is 33.9 Å². The Morgan fingerprint density at radius 3 is 2.45 bits per heavy atom. The van der Waals surface area contributed by atoms with Gasteiger partial charge in [-0.25, -0.2) is 4.79 Å². The normalized spacial score (nSPS) is 24.0.